The molecule has 6 heteroatoms. The number of benzene rings is 2. The van der Waals surface area contributed by atoms with Gasteiger partial charge in [-0.25, -0.2) is 0 Å². The van der Waals surface area contributed by atoms with Gasteiger partial charge < -0.3 is 24.4 Å². The van der Waals surface area contributed by atoms with Crippen molar-refractivity contribution >= 4 is 16.6 Å². The second-order valence-electron chi connectivity index (χ2n) is 5.35. The van der Waals surface area contributed by atoms with Gasteiger partial charge in [0.25, 0.3) is 0 Å². The Morgan fingerprint density at radius 2 is 2.09 bits per heavy atom. The number of ketones is 1. The highest BCUT2D eigenvalue weighted by Gasteiger charge is 2.43. The van der Waals surface area contributed by atoms with Crippen LogP contribution in [0.5, 0.6) is 17.2 Å². The van der Waals surface area contributed by atoms with Crippen LogP contribution in [0.15, 0.2) is 18.2 Å². The predicted molar refractivity (Wildman–Crippen MR) is 76.3 cm³/mol. The van der Waals surface area contributed by atoms with Gasteiger partial charge in [-0.15, -0.1) is 0 Å². The van der Waals surface area contributed by atoms with Crippen LogP contribution in [0.3, 0.4) is 0 Å². The summed E-state index contributed by atoms with van der Waals surface area (Å²) in [5.41, 5.74) is 0.401. The minimum absolute atomic E-state index is 0.0826. The first-order chi connectivity index (χ1) is 10.6. The molecule has 22 heavy (non-hydrogen) atoms. The average Bonchev–Trinajstić information content (AvgIpc) is 2.55. The number of carbonyl (C=O) groups is 1. The van der Waals surface area contributed by atoms with Crippen LogP contribution >= 0.6 is 0 Å². The van der Waals surface area contributed by atoms with Gasteiger partial charge in [-0.1, -0.05) is 12.1 Å². The van der Waals surface area contributed by atoms with Crippen molar-refractivity contribution in [3.05, 3.63) is 29.3 Å². The Morgan fingerprint density at radius 1 is 1.27 bits per heavy atom. The molecule has 2 aromatic rings. The van der Waals surface area contributed by atoms with Crippen molar-refractivity contribution in [3.8, 4) is 17.2 Å². The summed E-state index contributed by atoms with van der Waals surface area (Å²) in [7, 11) is 1.48. The van der Waals surface area contributed by atoms with Crippen molar-refractivity contribution < 1.29 is 29.2 Å². The normalized spacial score (nSPS) is 23.4. The smallest absolute Gasteiger partial charge is 0.223 e. The monoisotopic (exact) mass is 302 g/mol. The predicted octanol–water partition coefficient (Wildman–Crippen LogP) is 2.26. The van der Waals surface area contributed by atoms with Crippen molar-refractivity contribution in [2.24, 2.45) is 0 Å². The molecule has 0 aromatic heterocycles. The van der Waals surface area contributed by atoms with Crippen molar-refractivity contribution in [1.29, 1.82) is 0 Å². The lowest BCUT2D eigenvalue weighted by Gasteiger charge is -2.36. The second-order valence-corrected chi connectivity index (χ2v) is 5.35. The number of methoxy groups -OCH3 is 1. The van der Waals surface area contributed by atoms with Crippen LogP contribution in [0.1, 0.15) is 28.4 Å². The number of Topliss-reactive ketones (excluding diaryl/α,β-unsaturated/α-hetero) is 1. The molecule has 2 bridgehead atoms. The molecule has 2 aromatic carbocycles. The van der Waals surface area contributed by atoms with Gasteiger partial charge in [0.1, 0.15) is 17.2 Å². The Bertz CT molecular complexity index is 797. The van der Waals surface area contributed by atoms with E-state index in [0.29, 0.717) is 35.1 Å². The van der Waals surface area contributed by atoms with E-state index in [-0.39, 0.29) is 17.1 Å². The Kier molecular flexibility index (Phi) is 2.79. The first-order valence-corrected chi connectivity index (χ1v) is 6.99. The molecule has 0 unspecified atom stereocenters. The molecule has 2 heterocycles. The molecule has 114 valence electrons. The molecule has 1 fully saturated rings. The average molecular weight is 302 g/mol. The second kappa shape index (κ2) is 4.59. The van der Waals surface area contributed by atoms with E-state index in [4.69, 9.17) is 14.2 Å². The number of carbonyl (C=O) groups excluding carboxylic acids is 1. The third kappa shape index (κ3) is 1.59. The number of hydrogen-bond donors (Lipinski definition) is 2. The fraction of sp³-hybridized carbons (Fsp3) is 0.312. The van der Waals surface area contributed by atoms with Crippen LogP contribution in [0.2, 0.25) is 0 Å². The maximum absolute atomic E-state index is 12.4. The largest absolute Gasteiger partial charge is 0.507 e. The summed E-state index contributed by atoms with van der Waals surface area (Å²) in [4.78, 5) is 12.4. The van der Waals surface area contributed by atoms with Gasteiger partial charge in [0.05, 0.1) is 30.8 Å². The summed E-state index contributed by atoms with van der Waals surface area (Å²) >= 11 is 0. The van der Waals surface area contributed by atoms with Crippen LogP contribution in [-0.2, 0) is 9.47 Å². The third-order valence-electron chi connectivity index (χ3n) is 4.22. The first kappa shape index (κ1) is 13.4. The lowest BCUT2D eigenvalue weighted by atomic mass is 9.88. The van der Waals surface area contributed by atoms with Gasteiger partial charge in [0.15, 0.2) is 0 Å². The molecular weight excluding hydrogens is 288 g/mol. The maximum atomic E-state index is 12.4. The molecule has 0 amide bonds. The summed E-state index contributed by atoms with van der Waals surface area (Å²) in [6.45, 7) is 0.366. The van der Waals surface area contributed by atoms with Gasteiger partial charge in [-0.2, -0.15) is 0 Å². The van der Waals surface area contributed by atoms with Gasteiger partial charge >= 0.3 is 0 Å². The minimum Gasteiger partial charge on any atom is -0.507 e. The van der Waals surface area contributed by atoms with Gasteiger partial charge in [-0.3, -0.25) is 4.79 Å². The highest BCUT2D eigenvalue weighted by atomic mass is 16.7. The Labute approximate surface area is 125 Å². The number of hydrogen-bond acceptors (Lipinski definition) is 6. The SMILES string of the molecule is COc1cccc2c(O)c3c(c(O)c12)[C@H]1CCO[C@H](O1)C3=O. The summed E-state index contributed by atoms with van der Waals surface area (Å²) in [6.07, 6.45) is -0.990. The fourth-order valence-electron chi connectivity index (χ4n) is 3.23. The fourth-order valence-corrected chi connectivity index (χ4v) is 3.23. The van der Waals surface area contributed by atoms with Crippen molar-refractivity contribution in [2.75, 3.05) is 13.7 Å². The van der Waals surface area contributed by atoms with E-state index in [9.17, 15) is 15.0 Å². The Morgan fingerprint density at radius 3 is 2.86 bits per heavy atom. The molecule has 2 aliphatic heterocycles. The lowest BCUT2D eigenvalue weighted by Crippen LogP contribution is -2.39. The van der Waals surface area contributed by atoms with E-state index in [1.54, 1.807) is 18.2 Å². The van der Waals surface area contributed by atoms with E-state index in [0.717, 1.165) is 0 Å². The number of fused-ring (bicyclic) bond motifs is 5. The Hall–Kier alpha value is -2.31. The number of aromatic hydroxyl groups is 2. The summed E-state index contributed by atoms with van der Waals surface area (Å²) in [5, 5.41) is 22.0. The standard InChI is InChI=1S/C16H14O6/c1-20-8-4-2-3-7-10(8)14(18)11-9-5-6-21-16(22-9)15(19)12(11)13(7)17/h2-4,9,16-18H,5-6H2,1H3/t9-,16-/m1/s1. The molecule has 6 nitrogen and oxygen atoms in total. The van der Waals surface area contributed by atoms with Crippen LogP contribution < -0.4 is 4.74 Å². The molecule has 1 saturated heterocycles. The quantitative estimate of drug-likeness (QED) is 0.786. The molecule has 2 N–H and O–H groups in total. The molecule has 2 atom stereocenters. The molecule has 4 rings (SSSR count). The van der Waals surface area contributed by atoms with Crippen molar-refractivity contribution in [2.45, 2.75) is 18.8 Å². The molecule has 0 saturated carbocycles. The lowest BCUT2D eigenvalue weighted by molar-refractivity contribution is -0.193. The van der Waals surface area contributed by atoms with Crippen LogP contribution in [0, 0.1) is 0 Å². The zero-order valence-electron chi connectivity index (χ0n) is 11.8. The third-order valence-corrected chi connectivity index (χ3v) is 4.22. The van der Waals surface area contributed by atoms with Crippen LogP contribution in [-0.4, -0.2) is 36.0 Å². The minimum atomic E-state index is -1.01. The number of rotatable bonds is 1. The highest BCUT2D eigenvalue weighted by molar-refractivity contribution is 6.11. The van der Waals surface area contributed by atoms with Gasteiger partial charge in [-0.05, 0) is 6.07 Å². The molecule has 0 aliphatic carbocycles. The molecule has 0 spiro atoms. The summed E-state index contributed by atoms with van der Waals surface area (Å²) in [6, 6.07) is 5.01. The van der Waals surface area contributed by atoms with Crippen LogP contribution in [0.25, 0.3) is 10.8 Å². The number of ether oxygens (including phenoxy) is 3. The first-order valence-electron chi connectivity index (χ1n) is 6.99. The van der Waals surface area contributed by atoms with E-state index >= 15 is 0 Å². The molecule has 0 radical (unpaired) electrons. The molecular formula is C16H14O6. The van der Waals surface area contributed by atoms with Crippen molar-refractivity contribution in [1.82, 2.24) is 0 Å². The number of phenolic OH excluding ortho intramolecular Hbond substituents is 2. The van der Waals surface area contributed by atoms with Crippen molar-refractivity contribution in [3.63, 3.8) is 0 Å². The topological polar surface area (TPSA) is 85.2 Å². The summed E-state index contributed by atoms with van der Waals surface area (Å²) in [5.74, 6) is -0.298. The van der Waals surface area contributed by atoms with E-state index in [2.05, 4.69) is 0 Å². The van der Waals surface area contributed by atoms with Crippen LogP contribution in [0.4, 0.5) is 0 Å². The van der Waals surface area contributed by atoms with E-state index in [1.165, 1.54) is 7.11 Å². The number of phenols is 2. The van der Waals surface area contributed by atoms with E-state index in [1.807, 2.05) is 0 Å². The zero-order chi connectivity index (χ0) is 15.4. The van der Waals surface area contributed by atoms with E-state index < -0.39 is 18.2 Å². The molecule has 2 aliphatic rings. The highest BCUT2D eigenvalue weighted by Crippen LogP contribution is 2.50. The Balaban J connectivity index is 2.13. The van der Waals surface area contributed by atoms with Gasteiger partial charge in [0, 0.05) is 17.4 Å². The summed E-state index contributed by atoms with van der Waals surface area (Å²) < 4.78 is 16.1. The maximum Gasteiger partial charge on any atom is 0.223 e. The van der Waals surface area contributed by atoms with Gasteiger partial charge in [0.2, 0.25) is 12.1 Å². The zero-order valence-corrected chi connectivity index (χ0v) is 11.8.